The number of carbonyl (C=O) groups is 1. The number of allylic oxidation sites excluding steroid dienone is 1. The summed E-state index contributed by atoms with van der Waals surface area (Å²) in [6, 6.07) is 15.0. The molecule has 0 unspecified atom stereocenters. The number of hydrogen-bond donors (Lipinski definition) is 1. The smallest absolute Gasteiger partial charge is 0.189 e. The standard InChI is InChI=1S/C21H18N2O2/c1-13-18(14(2)23(22-13)16-7-4-3-5-8-16)11-15-12-19-17(21(15)25)9-6-10-20(19)24/h3-11,24H,12H2,1-2H3. The average Bonchev–Trinajstić information content (AvgIpc) is 3.09. The minimum atomic E-state index is -0.0165. The van der Waals surface area contributed by atoms with E-state index in [1.54, 1.807) is 18.2 Å². The first-order valence-electron chi connectivity index (χ1n) is 8.24. The van der Waals surface area contributed by atoms with Crippen LogP contribution in [0, 0.1) is 13.8 Å². The van der Waals surface area contributed by atoms with Crippen LogP contribution in [-0.2, 0) is 6.42 Å². The third-order valence-electron chi connectivity index (χ3n) is 4.72. The summed E-state index contributed by atoms with van der Waals surface area (Å²) in [5, 5.41) is 14.6. The Balaban J connectivity index is 1.78. The zero-order valence-electron chi connectivity index (χ0n) is 14.2. The molecule has 0 aliphatic heterocycles. The number of ketones is 1. The number of rotatable bonds is 2. The molecule has 2 aromatic carbocycles. The maximum Gasteiger partial charge on any atom is 0.189 e. The van der Waals surface area contributed by atoms with Crippen molar-refractivity contribution < 1.29 is 9.90 Å². The van der Waals surface area contributed by atoms with Gasteiger partial charge >= 0.3 is 0 Å². The van der Waals surface area contributed by atoms with E-state index in [2.05, 4.69) is 5.10 Å². The zero-order chi connectivity index (χ0) is 17.6. The largest absolute Gasteiger partial charge is 0.508 e. The number of aromatic hydroxyl groups is 1. The van der Waals surface area contributed by atoms with Crippen molar-refractivity contribution in [2.75, 3.05) is 0 Å². The molecule has 0 bridgehead atoms. The molecule has 1 aromatic heterocycles. The fourth-order valence-electron chi connectivity index (χ4n) is 3.39. The molecule has 0 spiro atoms. The Morgan fingerprint density at radius 2 is 1.84 bits per heavy atom. The Morgan fingerprint density at radius 1 is 1.08 bits per heavy atom. The fraction of sp³-hybridized carbons (Fsp3) is 0.143. The highest BCUT2D eigenvalue weighted by Gasteiger charge is 2.27. The maximum atomic E-state index is 12.6. The molecule has 1 N–H and O–H groups in total. The normalized spacial score (nSPS) is 15.0. The number of phenols is 1. The second kappa shape index (κ2) is 5.74. The molecule has 4 heteroatoms. The summed E-state index contributed by atoms with van der Waals surface area (Å²) in [6.45, 7) is 3.95. The van der Waals surface area contributed by atoms with Crippen molar-refractivity contribution >= 4 is 11.9 Å². The Labute approximate surface area is 146 Å². The van der Waals surface area contributed by atoms with Crippen LogP contribution in [0.15, 0.2) is 54.1 Å². The van der Waals surface area contributed by atoms with Gasteiger partial charge in [-0.05, 0) is 38.1 Å². The van der Waals surface area contributed by atoms with Crippen LogP contribution in [0.25, 0.3) is 11.8 Å². The van der Waals surface area contributed by atoms with Crippen molar-refractivity contribution in [1.82, 2.24) is 9.78 Å². The van der Waals surface area contributed by atoms with Crippen LogP contribution in [0.3, 0.4) is 0 Å². The fourth-order valence-corrected chi connectivity index (χ4v) is 3.39. The van der Waals surface area contributed by atoms with Gasteiger partial charge in [-0.25, -0.2) is 4.68 Å². The van der Waals surface area contributed by atoms with Gasteiger partial charge in [-0.15, -0.1) is 0 Å². The van der Waals surface area contributed by atoms with E-state index in [4.69, 9.17) is 0 Å². The summed E-state index contributed by atoms with van der Waals surface area (Å²) in [6.07, 6.45) is 2.37. The van der Waals surface area contributed by atoms with Gasteiger partial charge in [0.15, 0.2) is 5.78 Å². The average molecular weight is 330 g/mol. The highest BCUT2D eigenvalue weighted by atomic mass is 16.3. The quantitative estimate of drug-likeness (QED) is 0.722. The van der Waals surface area contributed by atoms with E-state index in [-0.39, 0.29) is 11.5 Å². The summed E-state index contributed by atoms with van der Waals surface area (Å²) < 4.78 is 1.89. The van der Waals surface area contributed by atoms with Crippen molar-refractivity contribution in [1.29, 1.82) is 0 Å². The topological polar surface area (TPSA) is 55.1 Å². The Bertz CT molecular complexity index is 1010. The summed E-state index contributed by atoms with van der Waals surface area (Å²) in [4.78, 5) is 12.6. The zero-order valence-corrected chi connectivity index (χ0v) is 14.2. The highest BCUT2D eigenvalue weighted by Crippen LogP contribution is 2.34. The number of phenolic OH excluding ortho intramolecular Hbond substituents is 1. The van der Waals surface area contributed by atoms with Crippen molar-refractivity contribution in [3.05, 3.63) is 82.2 Å². The van der Waals surface area contributed by atoms with Crippen LogP contribution in [0.1, 0.15) is 32.9 Å². The molecule has 0 amide bonds. The Hall–Kier alpha value is -3.14. The number of aromatic nitrogens is 2. The van der Waals surface area contributed by atoms with Crippen LogP contribution in [-0.4, -0.2) is 20.7 Å². The van der Waals surface area contributed by atoms with Gasteiger partial charge in [0.25, 0.3) is 0 Å². The van der Waals surface area contributed by atoms with Crippen LogP contribution in [0.5, 0.6) is 5.75 Å². The number of hydrogen-bond acceptors (Lipinski definition) is 3. The molecule has 4 rings (SSSR count). The molecule has 1 heterocycles. The number of benzene rings is 2. The predicted octanol–water partition coefficient (Wildman–Crippen LogP) is 4.02. The minimum absolute atomic E-state index is 0.0165. The highest BCUT2D eigenvalue weighted by molar-refractivity contribution is 6.16. The van der Waals surface area contributed by atoms with Gasteiger partial charge in [0.2, 0.25) is 0 Å². The molecule has 0 saturated heterocycles. The lowest BCUT2D eigenvalue weighted by Gasteiger charge is -2.04. The molecule has 0 saturated carbocycles. The molecule has 1 aliphatic rings. The van der Waals surface area contributed by atoms with Crippen LogP contribution in [0.4, 0.5) is 0 Å². The van der Waals surface area contributed by atoms with E-state index < -0.39 is 0 Å². The van der Waals surface area contributed by atoms with Gasteiger partial charge in [0.1, 0.15) is 5.75 Å². The molecule has 3 aromatic rings. The first-order chi connectivity index (χ1) is 12.1. The summed E-state index contributed by atoms with van der Waals surface area (Å²) in [5.41, 5.74) is 5.81. The second-order valence-corrected chi connectivity index (χ2v) is 6.31. The monoisotopic (exact) mass is 330 g/mol. The van der Waals surface area contributed by atoms with Crippen molar-refractivity contribution in [2.24, 2.45) is 0 Å². The van der Waals surface area contributed by atoms with E-state index in [0.717, 1.165) is 22.6 Å². The molecular weight excluding hydrogens is 312 g/mol. The summed E-state index contributed by atoms with van der Waals surface area (Å²) in [5.74, 6) is 0.167. The molecule has 124 valence electrons. The van der Waals surface area contributed by atoms with Crippen LogP contribution < -0.4 is 0 Å². The second-order valence-electron chi connectivity index (χ2n) is 6.31. The van der Waals surface area contributed by atoms with Crippen LogP contribution >= 0.6 is 0 Å². The van der Waals surface area contributed by atoms with E-state index in [1.165, 1.54) is 0 Å². The van der Waals surface area contributed by atoms with E-state index in [9.17, 15) is 9.90 Å². The summed E-state index contributed by atoms with van der Waals surface area (Å²) >= 11 is 0. The Morgan fingerprint density at radius 3 is 2.56 bits per heavy atom. The first-order valence-corrected chi connectivity index (χ1v) is 8.24. The lowest BCUT2D eigenvalue weighted by atomic mass is 10.1. The molecule has 25 heavy (non-hydrogen) atoms. The molecule has 0 radical (unpaired) electrons. The van der Waals surface area contributed by atoms with Gasteiger partial charge < -0.3 is 5.11 Å². The van der Waals surface area contributed by atoms with Crippen LogP contribution in [0.2, 0.25) is 0 Å². The maximum absolute atomic E-state index is 12.6. The molecule has 1 aliphatic carbocycles. The molecule has 0 atom stereocenters. The number of Topliss-reactive ketones (excluding diaryl/α,β-unsaturated/α-hetero) is 1. The van der Waals surface area contributed by atoms with E-state index >= 15 is 0 Å². The van der Waals surface area contributed by atoms with Gasteiger partial charge in [-0.3, -0.25) is 4.79 Å². The Kier molecular flexibility index (Phi) is 3.53. The molecule has 0 fully saturated rings. The molecular formula is C21H18N2O2. The lowest BCUT2D eigenvalue weighted by molar-refractivity contribution is 0.104. The summed E-state index contributed by atoms with van der Waals surface area (Å²) in [7, 11) is 0. The lowest BCUT2D eigenvalue weighted by Crippen LogP contribution is -1.99. The van der Waals surface area contributed by atoms with Gasteiger partial charge in [0.05, 0.1) is 11.4 Å². The van der Waals surface area contributed by atoms with Crippen molar-refractivity contribution in [3.63, 3.8) is 0 Å². The van der Waals surface area contributed by atoms with Gasteiger partial charge in [-0.1, -0.05) is 30.3 Å². The third-order valence-corrected chi connectivity index (χ3v) is 4.72. The van der Waals surface area contributed by atoms with E-state index in [0.29, 0.717) is 23.1 Å². The van der Waals surface area contributed by atoms with Gasteiger partial charge in [-0.2, -0.15) is 5.10 Å². The first kappa shape index (κ1) is 15.4. The molecule has 4 nitrogen and oxygen atoms in total. The van der Waals surface area contributed by atoms with Crippen molar-refractivity contribution in [2.45, 2.75) is 20.3 Å². The predicted molar refractivity (Wildman–Crippen MR) is 97.2 cm³/mol. The number of aryl methyl sites for hydroxylation is 1. The third kappa shape index (κ3) is 2.47. The number of fused-ring (bicyclic) bond motifs is 1. The van der Waals surface area contributed by atoms with Gasteiger partial charge in [0, 0.05) is 34.4 Å². The van der Waals surface area contributed by atoms with Crippen molar-refractivity contribution in [3.8, 4) is 11.4 Å². The minimum Gasteiger partial charge on any atom is -0.508 e. The number of carbonyl (C=O) groups excluding carboxylic acids is 1. The van der Waals surface area contributed by atoms with E-state index in [1.807, 2.05) is 54.9 Å². The number of nitrogens with zero attached hydrogens (tertiary/aromatic N) is 2. The number of para-hydroxylation sites is 1. The SMILES string of the molecule is Cc1nn(-c2ccccc2)c(C)c1C=C1Cc2c(O)cccc2C1=O.